The highest BCUT2D eigenvalue weighted by atomic mass is 19.1. The van der Waals surface area contributed by atoms with Crippen LogP contribution >= 0.6 is 0 Å². The third-order valence-corrected chi connectivity index (χ3v) is 4.41. The first-order valence-electron chi connectivity index (χ1n) is 9.06. The molecule has 1 aliphatic rings. The number of anilines is 1. The Hall–Kier alpha value is -4.08. The standard InChI is InChI=1S/C21H20FN3O6/c1-29-16-9-12(10-17(30-2)19(16)31-3)8-15-20(27)25(21(28)24-15)11-18(26)23-14-7-5-4-6-13(14)22/h4-10H,11H2,1-3H3,(H,23,26)(H,24,28)/b15-8+. The van der Waals surface area contributed by atoms with Crippen LogP contribution in [0.3, 0.4) is 0 Å². The van der Waals surface area contributed by atoms with Crippen molar-refractivity contribution in [1.29, 1.82) is 0 Å². The van der Waals surface area contributed by atoms with Crippen LogP contribution in [0.4, 0.5) is 14.9 Å². The van der Waals surface area contributed by atoms with E-state index in [9.17, 15) is 18.8 Å². The summed E-state index contributed by atoms with van der Waals surface area (Å²) in [5.74, 6) is -0.945. The van der Waals surface area contributed by atoms with Crippen LogP contribution in [0.25, 0.3) is 6.08 Å². The monoisotopic (exact) mass is 429 g/mol. The van der Waals surface area contributed by atoms with E-state index < -0.39 is 30.2 Å². The topological polar surface area (TPSA) is 106 Å². The number of amides is 4. The van der Waals surface area contributed by atoms with Gasteiger partial charge in [0.25, 0.3) is 5.91 Å². The van der Waals surface area contributed by atoms with E-state index in [1.807, 2.05) is 0 Å². The van der Waals surface area contributed by atoms with Gasteiger partial charge in [-0.15, -0.1) is 0 Å². The van der Waals surface area contributed by atoms with Gasteiger partial charge in [0.05, 0.1) is 27.0 Å². The predicted molar refractivity (Wildman–Crippen MR) is 109 cm³/mol. The SMILES string of the molecule is COc1cc(/C=C2/NC(=O)N(CC(=O)Nc3ccccc3F)C2=O)cc(OC)c1OC. The Kier molecular flexibility index (Phi) is 6.39. The van der Waals surface area contributed by atoms with E-state index in [1.54, 1.807) is 18.2 Å². The van der Waals surface area contributed by atoms with Crippen LogP contribution in [0.2, 0.25) is 0 Å². The zero-order valence-electron chi connectivity index (χ0n) is 17.0. The molecule has 4 amide bonds. The lowest BCUT2D eigenvalue weighted by Gasteiger charge is -2.13. The lowest BCUT2D eigenvalue weighted by molar-refractivity contribution is -0.127. The number of carbonyl (C=O) groups excluding carboxylic acids is 3. The number of hydrogen-bond acceptors (Lipinski definition) is 6. The van der Waals surface area contributed by atoms with Gasteiger partial charge in [-0.05, 0) is 35.9 Å². The van der Waals surface area contributed by atoms with Crippen LogP contribution in [0.5, 0.6) is 17.2 Å². The minimum atomic E-state index is -0.771. The first-order chi connectivity index (χ1) is 14.9. The number of methoxy groups -OCH3 is 3. The van der Waals surface area contributed by atoms with Gasteiger partial charge in [0.2, 0.25) is 11.7 Å². The molecule has 0 radical (unpaired) electrons. The molecule has 1 fully saturated rings. The van der Waals surface area contributed by atoms with Crippen molar-refractivity contribution in [3.63, 3.8) is 0 Å². The van der Waals surface area contributed by atoms with E-state index >= 15 is 0 Å². The van der Waals surface area contributed by atoms with Gasteiger partial charge in [-0.2, -0.15) is 0 Å². The Labute approximate surface area is 177 Å². The highest BCUT2D eigenvalue weighted by Crippen LogP contribution is 2.38. The fourth-order valence-electron chi connectivity index (χ4n) is 2.96. The molecule has 1 saturated heterocycles. The van der Waals surface area contributed by atoms with Crippen LogP contribution in [0, 0.1) is 5.82 Å². The van der Waals surface area contributed by atoms with Gasteiger partial charge in [-0.3, -0.25) is 9.59 Å². The van der Waals surface area contributed by atoms with Crippen LogP contribution in [-0.2, 0) is 9.59 Å². The van der Waals surface area contributed by atoms with Crippen molar-refractivity contribution in [2.75, 3.05) is 33.2 Å². The summed E-state index contributed by atoms with van der Waals surface area (Å²) in [5, 5.41) is 4.75. The van der Waals surface area contributed by atoms with Crippen molar-refractivity contribution >= 4 is 29.6 Å². The summed E-state index contributed by atoms with van der Waals surface area (Å²) in [6, 6.07) is 8.00. The minimum absolute atomic E-state index is 0.0436. The summed E-state index contributed by atoms with van der Waals surface area (Å²) in [6.07, 6.45) is 1.42. The van der Waals surface area contributed by atoms with E-state index in [-0.39, 0.29) is 11.4 Å². The summed E-state index contributed by atoms with van der Waals surface area (Å²) in [4.78, 5) is 37.8. The molecule has 2 aromatic rings. The molecule has 0 saturated carbocycles. The van der Waals surface area contributed by atoms with E-state index in [0.29, 0.717) is 22.8 Å². The van der Waals surface area contributed by atoms with Gasteiger partial charge in [0.1, 0.15) is 18.1 Å². The van der Waals surface area contributed by atoms with E-state index in [0.717, 1.165) is 4.90 Å². The van der Waals surface area contributed by atoms with E-state index in [1.165, 1.54) is 45.6 Å². The lowest BCUT2D eigenvalue weighted by atomic mass is 10.1. The summed E-state index contributed by atoms with van der Waals surface area (Å²) in [7, 11) is 4.36. The molecule has 162 valence electrons. The van der Waals surface area contributed by atoms with Crippen molar-refractivity contribution < 1.29 is 33.0 Å². The lowest BCUT2D eigenvalue weighted by Crippen LogP contribution is -2.38. The Balaban J connectivity index is 1.79. The van der Waals surface area contributed by atoms with Crippen LogP contribution in [0.15, 0.2) is 42.1 Å². The van der Waals surface area contributed by atoms with Crippen molar-refractivity contribution in [3.05, 3.63) is 53.5 Å². The number of imide groups is 1. The fraction of sp³-hybridized carbons (Fsp3) is 0.190. The van der Waals surface area contributed by atoms with Crippen LogP contribution < -0.4 is 24.8 Å². The maximum Gasteiger partial charge on any atom is 0.329 e. The second-order valence-corrected chi connectivity index (χ2v) is 6.37. The Morgan fingerprint density at radius 2 is 1.74 bits per heavy atom. The van der Waals surface area contributed by atoms with Crippen molar-refractivity contribution in [2.45, 2.75) is 0 Å². The first kappa shape index (κ1) is 21.6. The first-order valence-corrected chi connectivity index (χ1v) is 9.06. The predicted octanol–water partition coefficient (Wildman–Crippen LogP) is 2.38. The smallest absolute Gasteiger partial charge is 0.329 e. The molecule has 1 heterocycles. The van der Waals surface area contributed by atoms with Gasteiger partial charge in [-0.1, -0.05) is 12.1 Å². The molecule has 0 aliphatic carbocycles. The molecule has 2 aromatic carbocycles. The minimum Gasteiger partial charge on any atom is -0.493 e. The number of benzene rings is 2. The van der Waals surface area contributed by atoms with Crippen LogP contribution in [-0.4, -0.2) is 50.6 Å². The molecule has 1 aliphatic heterocycles. The van der Waals surface area contributed by atoms with Crippen molar-refractivity contribution in [3.8, 4) is 17.2 Å². The number of para-hydroxylation sites is 1. The zero-order valence-corrected chi connectivity index (χ0v) is 17.0. The van der Waals surface area contributed by atoms with Crippen LogP contribution in [0.1, 0.15) is 5.56 Å². The molecule has 0 bridgehead atoms. The third-order valence-electron chi connectivity index (χ3n) is 4.41. The highest BCUT2D eigenvalue weighted by Gasteiger charge is 2.35. The Morgan fingerprint density at radius 1 is 1.10 bits per heavy atom. The number of carbonyl (C=O) groups is 3. The molecular formula is C21H20FN3O6. The number of rotatable bonds is 7. The quantitative estimate of drug-likeness (QED) is 0.517. The number of halogens is 1. The second-order valence-electron chi connectivity index (χ2n) is 6.37. The molecule has 0 aromatic heterocycles. The number of urea groups is 1. The molecule has 31 heavy (non-hydrogen) atoms. The number of nitrogens with one attached hydrogen (secondary N) is 2. The van der Waals surface area contributed by atoms with Gasteiger partial charge in [0, 0.05) is 0 Å². The number of ether oxygens (including phenoxy) is 3. The summed E-state index contributed by atoms with van der Waals surface area (Å²) < 4.78 is 29.5. The Bertz CT molecular complexity index is 1040. The molecule has 2 N–H and O–H groups in total. The summed E-state index contributed by atoms with van der Waals surface area (Å²) in [6.45, 7) is -0.578. The third kappa shape index (κ3) is 4.58. The van der Waals surface area contributed by atoms with Crippen molar-refractivity contribution in [2.24, 2.45) is 0 Å². The largest absolute Gasteiger partial charge is 0.493 e. The molecular weight excluding hydrogens is 409 g/mol. The van der Waals surface area contributed by atoms with E-state index in [2.05, 4.69) is 10.6 Å². The van der Waals surface area contributed by atoms with Crippen molar-refractivity contribution in [1.82, 2.24) is 10.2 Å². The maximum absolute atomic E-state index is 13.7. The summed E-state index contributed by atoms with van der Waals surface area (Å²) in [5.41, 5.74) is 0.404. The average molecular weight is 429 g/mol. The molecule has 10 heteroatoms. The molecule has 0 spiro atoms. The van der Waals surface area contributed by atoms with Gasteiger partial charge < -0.3 is 24.8 Å². The highest BCUT2D eigenvalue weighted by molar-refractivity contribution is 6.16. The fourth-order valence-corrected chi connectivity index (χ4v) is 2.96. The molecule has 9 nitrogen and oxygen atoms in total. The van der Waals surface area contributed by atoms with Gasteiger partial charge in [0.15, 0.2) is 11.5 Å². The van der Waals surface area contributed by atoms with Gasteiger partial charge >= 0.3 is 6.03 Å². The molecule has 0 atom stereocenters. The summed E-state index contributed by atoms with van der Waals surface area (Å²) >= 11 is 0. The zero-order chi connectivity index (χ0) is 22.5. The second kappa shape index (κ2) is 9.16. The Morgan fingerprint density at radius 3 is 2.32 bits per heavy atom. The van der Waals surface area contributed by atoms with Gasteiger partial charge in [-0.25, -0.2) is 14.1 Å². The normalized spacial score (nSPS) is 14.5. The maximum atomic E-state index is 13.7. The average Bonchev–Trinajstić information content (AvgIpc) is 3.01. The molecule has 0 unspecified atom stereocenters. The van der Waals surface area contributed by atoms with E-state index in [4.69, 9.17) is 14.2 Å². The number of nitrogens with zero attached hydrogens (tertiary/aromatic N) is 1. The molecule has 3 rings (SSSR count). The number of hydrogen-bond donors (Lipinski definition) is 2.